The molecule has 2 rings (SSSR count). The molecule has 1 unspecified atom stereocenters. The van der Waals surface area contributed by atoms with Crippen molar-refractivity contribution in [2.24, 2.45) is 5.73 Å². The van der Waals surface area contributed by atoms with Crippen molar-refractivity contribution in [1.29, 1.82) is 0 Å². The number of benzene rings is 1. The first-order valence-electron chi connectivity index (χ1n) is 7.48. The maximum absolute atomic E-state index is 5.60. The molecule has 1 fully saturated rings. The van der Waals surface area contributed by atoms with Crippen LogP contribution in [0.2, 0.25) is 0 Å². The Labute approximate surface area is 117 Å². The van der Waals surface area contributed by atoms with E-state index >= 15 is 0 Å². The van der Waals surface area contributed by atoms with Gasteiger partial charge in [-0.1, -0.05) is 19.1 Å². The summed E-state index contributed by atoms with van der Waals surface area (Å²) in [5.41, 5.74) is 8.31. The molecule has 1 aliphatic rings. The normalized spacial score (nSPS) is 21.4. The fraction of sp³-hybridized carbons (Fsp3) is 0.625. The molecule has 1 heterocycles. The third kappa shape index (κ3) is 3.71. The van der Waals surface area contributed by atoms with Crippen LogP contribution in [0.3, 0.4) is 0 Å². The summed E-state index contributed by atoms with van der Waals surface area (Å²) in [6, 6.07) is 9.61. The molecule has 1 aromatic rings. The fourth-order valence-electron chi connectivity index (χ4n) is 2.95. The van der Waals surface area contributed by atoms with Crippen LogP contribution in [0.1, 0.15) is 25.3 Å². The lowest BCUT2D eigenvalue weighted by atomic mass is 10.1. The van der Waals surface area contributed by atoms with Gasteiger partial charge in [-0.3, -0.25) is 0 Å². The highest BCUT2D eigenvalue weighted by Crippen LogP contribution is 2.22. The second-order valence-electron chi connectivity index (χ2n) is 5.58. The predicted octanol–water partition coefficient (Wildman–Crippen LogP) is 2.11. The van der Waals surface area contributed by atoms with Gasteiger partial charge in [0.05, 0.1) is 0 Å². The van der Waals surface area contributed by atoms with Gasteiger partial charge in [0.25, 0.3) is 0 Å². The Kier molecular flexibility index (Phi) is 5.23. The minimum absolute atomic E-state index is 0.632. The van der Waals surface area contributed by atoms with E-state index in [1.165, 1.54) is 43.7 Å². The molecule has 0 saturated carbocycles. The van der Waals surface area contributed by atoms with Gasteiger partial charge in [0.15, 0.2) is 0 Å². The first-order chi connectivity index (χ1) is 9.24. The molecule has 2 N–H and O–H groups in total. The highest BCUT2D eigenvalue weighted by atomic mass is 15.2. The average molecular weight is 261 g/mol. The Balaban J connectivity index is 2.13. The topological polar surface area (TPSA) is 32.5 Å². The Morgan fingerprint density at radius 3 is 2.58 bits per heavy atom. The summed E-state index contributed by atoms with van der Waals surface area (Å²) in [7, 11) is 2.23. The van der Waals surface area contributed by atoms with Crippen LogP contribution < -0.4 is 10.6 Å². The number of hydrogen-bond donors (Lipinski definition) is 1. The minimum Gasteiger partial charge on any atom is -0.367 e. The summed E-state index contributed by atoms with van der Waals surface area (Å²) in [6.07, 6.45) is 3.42. The van der Waals surface area contributed by atoms with E-state index in [9.17, 15) is 0 Å². The van der Waals surface area contributed by atoms with E-state index in [0.717, 1.165) is 13.0 Å². The van der Waals surface area contributed by atoms with Gasteiger partial charge in [0.1, 0.15) is 0 Å². The minimum atomic E-state index is 0.632. The summed E-state index contributed by atoms with van der Waals surface area (Å²) >= 11 is 0. The summed E-state index contributed by atoms with van der Waals surface area (Å²) < 4.78 is 0. The molecular formula is C16H27N3. The van der Waals surface area contributed by atoms with Gasteiger partial charge in [-0.05, 0) is 57.1 Å². The average Bonchev–Trinajstić information content (AvgIpc) is 2.61. The molecular weight excluding hydrogens is 234 g/mol. The molecule has 19 heavy (non-hydrogen) atoms. The Bertz CT molecular complexity index is 374. The number of nitrogens with two attached hydrogens (primary N) is 1. The standard InChI is InChI=1S/C16H27N3/c1-3-15-13-18(2)11-4-12-19(15)16-7-5-14(6-8-16)9-10-17/h5-8,15H,3-4,9-13,17H2,1-2H3. The van der Waals surface area contributed by atoms with Gasteiger partial charge in [-0.2, -0.15) is 0 Å². The number of likely N-dealkylation sites (N-methyl/N-ethyl adjacent to an activating group) is 1. The van der Waals surface area contributed by atoms with Crippen LogP contribution in [0, 0.1) is 0 Å². The van der Waals surface area contributed by atoms with E-state index in [1.54, 1.807) is 0 Å². The highest BCUT2D eigenvalue weighted by molar-refractivity contribution is 5.49. The van der Waals surface area contributed by atoms with Gasteiger partial charge < -0.3 is 15.5 Å². The lowest BCUT2D eigenvalue weighted by Gasteiger charge is -2.32. The molecule has 0 bridgehead atoms. The lowest BCUT2D eigenvalue weighted by molar-refractivity contribution is 0.328. The molecule has 1 aromatic carbocycles. The van der Waals surface area contributed by atoms with Crippen LogP contribution >= 0.6 is 0 Å². The summed E-state index contributed by atoms with van der Waals surface area (Å²) in [4.78, 5) is 5.03. The molecule has 1 aliphatic heterocycles. The molecule has 3 nitrogen and oxygen atoms in total. The summed E-state index contributed by atoms with van der Waals surface area (Å²) in [5.74, 6) is 0. The van der Waals surface area contributed by atoms with Gasteiger partial charge in [-0.15, -0.1) is 0 Å². The van der Waals surface area contributed by atoms with Crippen LogP contribution in [0.5, 0.6) is 0 Å². The van der Waals surface area contributed by atoms with Crippen molar-refractivity contribution in [3.63, 3.8) is 0 Å². The number of rotatable bonds is 4. The van der Waals surface area contributed by atoms with Gasteiger partial charge in [0, 0.05) is 24.8 Å². The molecule has 0 aliphatic carbocycles. The monoisotopic (exact) mass is 261 g/mol. The Morgan fingerprint density at radius 1 is 1.21 bits per heavy atom. The molecule has 1 atom stereocenters. The van der Waals surface area contributed by atoms with Crippen molar-refractivity contribution in [2.45, 2.75) is 32.2 Å². The van der Waals surface area contributed by atoms with Crippen LogP contribution in [-0.2, 0) is 6.42 Å². The van der Waals surface area contributed by atoms with Crippen LogP contribution in [-0.4, -0.2) is 44.2 Å². The summed E-state index contributed by atoms with van der Waals surface area (Å²) in [6.45, 7) is 6.56. The van der Waals surface area contributed by atoms with Crippen LogP contribution in [0.4, 0.5) is 5.69 Å². The maximum Gasteiger partial charge on any atom is 0.0414 e. The zero-order valence-electron chi connectivity index (χ0n) is 12.3. The van der Waals surface area contributed by atoms with E-state index in [0.29, 0.717) is 6.04 Å². The Hall–Kier alpha value is -1.06. The smallest absolute Gasteiger partial charge is 0.0414 e. The van der Waals surface area contributed by atoms with Gasteiger partial charge in [0.2, 0.25) is 0 Å². The molecule has 0 radical (unpaired) electrons. The quantitative estimate of drug-likeness (QED) is 0.901. The molecule has 106 valence electrons. The number of nitrogens with zero attached hydrogens (tertiary/aromatic N) is 2. The van der Waals surface area contributed by atoms with Crippen molar-refractivity contribution in [3.8, 4) is 0 Å². The largest absolute Gasteiger partial charge is 0.367 e. The fourth-order valence-corrected chi connectivity index (χ4v) is 2.95. The lowest BCUT2D eigenvalue weighted by Crippen LogP contribution is -2.39. The third-order valence-corrected chi connectivity index (χ3v) is 4.07. The zero-order chi connectivity index (χ0) is 13.7. The zero-order valence-corrected chi connectivity index (χ0v) is 12.3. The predicted molar refractivity (Wildman–Crippen MR) is 82.7 cm³/mol. The maximum atomic E-state index is 5.60. The first-order valence-corrected chi connectivity index (χ1v) is 7.48. The number of hydrogen-bond acceptors (Lipinski definition) is 3. The van der Waals surface area contributed by atoms with Gasteiger partial charge in [-0.25, -0.2) is 0 Å². The van der Waals surface area contributed by atoms with E-state index in [4.69, 9.17) is 5.73 Å². The summed E-state index contributed by atoms with van der Waals surface area (Å²) in [5, 5.41) is 0. The van der Waals surface area contributed by atoms with E-state index in [2.05, 4.69) is 48.0 Å². The van der Waals surface area contributed by atoms with Crippen molar-refractivity contribution >= 4 is 5.69 Å². The highest BCUT2D eigenvalue weighted by Gasteiger charge is 2.21. The molecule has 3 heteroatoms. The van der Waals surface area contributed by atoms with Crippen molar-refractivity contribution in [1.82, 2.24) is 4.90 Å². The second-order valence-corrected chi connectivity index (χ2v) is 5.58. The SMILES string of the molecule is CCC1CN(C)CCCN1c1ccc(CCN)cc1. The molecule has 0 spiro atoms. The second kappa shape index (κ2) is 6.92. The number of anilines is 1. The first kappa shape index (κ1) is 14.4. The van der Waals surface area contributed by atoms with Crippen molar-refractivity contribution in [3.05, 3.63) is 29.8 Å². The van der Waals surface area contributed by atoms with Gasteiger partial charge >= 0.3 is 0 Å². The molecule has 0 aromatic heterocycles. The van der Waals surface area contributed by atoms with E-state index in [1.807, 2.05) is 0 Å². The van der Waals surface area contributed by atoms with E-state index in [-0.39, 0.29) is 0 Å². The van der Waals surface area contributed by atoms with E-state index < -0.39 is 0 Å². The van der Waals surface area contributed by atoms with Crippen molar-refractivity contribution in [2.75, 3.05) is 38.1 Å². The molecule has 0 amide bonds. The van der Waals surface area contributed by atoms with Crippen LogP contribution in [0.15, 0.2) is 24.3 Å². The van der Waals surface area contributed by atoms with Crippen molar-refractivity contribution < 1.29 is 0 Å². The third-order valence-electron chi connectivity index (χ3n) is 4.07. The molecule has 1 saturated heterocycles. The Morgan fingerprint density at radius 2 is 1.95 bits per heavy atom. The van der Waals surface area contributed by atoms with Crippen LogP contribution in [0.25, 0.3) is 0 Å².